The van der Waals surface area contributed by atoms with Crippen molar-refractivity contribution < 1.29 is 9.53 Å². The molecule has 6 heteroatoms. The van der Waals surface area contributed by atoms with Crippen LogP contribution in [0.5, 0.6) is 0 Å². The van der Waals surface area contributed by atoms with Crippen LogP contribution in [0.2, 0.25) is 5.02 Å². The van der Waals surface area contributed by atoms with E-state index in [1.54, 1.807) is 12.1 Å². The molecule has 0 spiro atoms. The van der Waals surface area contributed by atoms with Crippen LogP contribution in [0.4, 0.5) is 0 Å². The van der Waals surface area contributed by atoms with Crippen LogP contribution in [-0.2, 0) is 16.1 Å². The second-order valence-electron chi connectivity index (χ2n) is 3.35. The third-order valence-electron chi connectivity index (χ3n) is 2.16. The van der Waals surface area contributed by atoms with Crippen LogP contribution in [0.3, 0.4) is 0 Å². The third-order valence-corrected chi connectivity index (χ3v) is 2.41. The van der Waals surface area contributed by atoms with E-state index in [4.69, 9.17) is 11.6 Å². The molecule has 0 radical (unpaired) electrons. The molecule has 2 aromatic rings. The van der Waals surface area contributed by atoms with E-state index in [1.807, 2.05) is 12.1 Å². The van der Waals surface area contributed by atoms with Crippen molar-refractivity contribution >= 4 is 17.6 Å². The zero-order valence-corrected chi connectivity index (χ0v) is 9.89. The fraction of sp³-hybridized carbons (Fsp3) is 0.182. The van der Waals surface area contributed by atoms with Crippen molar-refractivity contribution in [2.75, 3.05) is 7.11 Å². The van der Waals surface area contributed by atoms with Gasteiger partial charge in [0.05, 0.1) is 7.11 Å². The number of nitrogens with zero attached hydrogens (tertiary/aromatic N) is 3. The van der Waals surface area contributed by atoms with Gasteiger partial charge in [-0.1, -0.05) is 11.6 Å². The van der Waals surface area contributed by atoms with Gasteiger partial charge < -0.3 is 4.74 Å². The molecular weight excluding hydrogens is 242 g/mol. The number of carbonyl (C=O) groups is 1. The minimum atomic E-state index is -0.363. The van der Waals surface area contributed by atoms with Gasteiger partial charge in [0.1, 0.15) is 12.9 Å². The van der Waals surface area contributed by atoms with Crippen molar-refractivity contribution in [3.8, 4) is 11.4 Å². The van der Waals surface area contributed by atoms with Crippen LogP contribution in [0, 0.1) is 0 Å². The lowest BCUT2D eigenvalue weighted by atomic mass is 10.2. The number of halogens is 1. The molecule has 2 rings (SSSR count). The molecule has 17 heavy (non-hydrogen) atoms. The summed E-state index contributed by atoms with van der Waals surface area (Å²) in [6.45, 7) is 0.0527. The second-order valence-corrected chi connectivity index (χ2v) is 3.79. The Morgan fingerprint density at radius 1 is 1.41 bits per heavy atom. The van der Waals surface area contributed by atoms with Gasteiger partial charge in [0.25, 0.3) is 0 Å². The zero-order chi connectivity index (χ0) is 12.3. The van der Waals surface area contributed by atoms with Crippen molar-refractivity contribution in [3.05, 3.63) is 35.6 Å². The summed E-state index contributed by atoms with van der Waals surface area (Å²) in [6.07, 6.45) is 1.49. The van der Waals surface area contributed by atoms with E-state index in [1.165, 1.54) is 18.1 Å². The number of benzene rings is 1. The predicted octanol–water partition coefficient (Wildman–Crippen LogP) is 1.77. The maximum atomic E-state index is 11.0. The Kier molecular flexibility index (Phi) is 3.39. The average molecular weight is 252 g/mol. The van der Waals surface area contributed by atoms with Gasteiger partial charge in [-0.2, -0.15) is 5.10 Å². The summed E-state index contributed by atoms with van der Waals surface area (Å²) in [6, 6.07) is 7.16. The summed E-state index contributed by atoms with van der Waals surface area (Å²) < 4.78 is 5.97. The molecule has 0 aliphatic carbocycles. The molecule has 88 valence electrons. The molecule has 0 atom stereocenters. The highest BCUT2D eigenvalue weighted by atomic mass is 35.5. The summed E-state index contributed by atoms with van der Waals surface area (Å²) in [5.74, 6) is 0.183. The highest BCUT2D eigenvalue weighted by Crippen LogP contribution is 2.17. The van der Waals surface area contributed by atoms with Gasteiger partial charge in [-0.15, -0.1) is 0 Å². The van der Waals surface area contributed by atoms with E-state index >= 15 is 0 Å². The number of methoxy groups -OCH3 is 1. The van der Waals surface area contributed by atoms with Gasteiger partial charge in [-0.3, -0.25) is 4.79 Å². The number of ether oxygens (including phenoxy) is 1. The summed E-state index contributed by atoms with van der Waals surface area (Å²) in [5, 5.41) is 4.82. The maximum Gasteiger partial charge on any atom is 0.327 e. The van der Waals surface area contributed by atoms with Crippen LogP contribution in [0.1, 0.15) is 0 Å². The van der Waals surface area contributed by atoms with E-state index in [0.717, 1.165) is 5.56 Å². The number of esters is 1. The van der Waals surface area contributed by atoms with Gasteiger partial charge in [-0.05, 0) is 24.3 Å². The molecule has 0 bridgehead atoms. The molecule has 1 heterocycles. The van der Waals surface area contributed by atoms with E-state index in [-0.39, 0.29) is 12.5 Å². The van der Waals surface area contributed by atoms with Crippen LogP contribution in [-0.4, -0.2) is 27.8 Å². The summed E-state index contributed by atoms with van der Waals surface area (Å²) >= 11 is 5.78. The van der Waals surface area contributed by atoms with Crippen molar-refractivity contribution in [2.24, 2.45) is 0 Å². The van der Waals surface area contributed by atoms with Crippen molar-refractivity contribution in [1.82, 2.24) is 14.8 Å². The number of aromatic nitrogens is 3. The Hall–Kier alpha value is -1.88. The van der Waals surface area contributed by atoms with Gasteiger partial charge >= 0.3 is 5.97 Å². The Balaban J connectivity index is 2.18. The lowest BCUT2D eigenvalue weighted by Crippen LogP contribution is -2.11. The van der Waals surface area contributed by atoms with Crippen molar-refractivity contribution in [2.45, 2.75) is 6.54 Å². The highest BCUT2D eigenvalue weighted by molar-refractivity contribution is 6.30. The topological polar surface area (TPSA) is 57.0 Å². The highest BCUT2D eigenvalue weighted by Gasteiger charge is 2.07. The van der Waals surface area contributed by atoms with E-state index in [2.05, 4.69) is 14.8 Å². The largest absolute Gasteiger partial charge is 0.468 e. The fourth-order valence-corrected chi connectivity index (χ4v) is 1.42. The first-order valence-electron chi connectivity index (χ1n) is 4.91. The van der Waals surface area contributed by atoms with Crippen molar-refractivity contribution in [3.63, 3.8) is 0 Å². The quantitative estimate of drug-likeness (QED) is 0.780. The van der Waals surface area contributed by atoms with Crippen LogP contribution >= 0.6 is 11.6 Å². The van der Waals surface area contributed by atoms with Gasteiger partial charge in [0.2, 0.25) is 0 Å². The van der Waals surface area contributed by atoms with E-state index in [9.17, 15) is 4.79 Å². The first-order chi connectivity index (χ1) is 8.19. The maximum absolute atomic E-state index is 11.0. The van der Waals surface area contributed by atoms with Gasteiger partial charge in [0.15, 0.2) is 5.82 Å². The molecule has 0 N–H and O–H groups in total. The first-order valence-corrected chi connectivity index (χ1v) is 5.29. The molecule has 0 aliphatic rings. The van der Waals surface area contributed by atoms with Gasteiger partial charge in [-0.25, -0.2) is 9.67 Å². The molecule has 1 aromatic carbocycles. The summed E-state index contributed by atoms with van der Waals surface area (Å²) in [7, 11) is 1.33. The monoisotopic (exact) mass is 251 g/mol. The third kappa shape index (κ3) is 2.82. The minimum absolute atomic E-state index is 0.0527. The SMILES string of the molecule is COC(=O)Cn1cnc(-c2ccc(Cl)cc2)n1. The molecule has 0 aliphatic heterocycles. The zero-order valence-electron chi connectivity index (χ0n) is 9.13. The summed E-state index contributed by atoms with van der Waals surface area (Å²) in [5.41, 5.74) is 0.845. The van der Waals surface area contributed by atoms with Crippen LogP contribution in [0.25, 0.3) is 11.4 Å². The molecule has 0 saturated heterocycles. The fourth-order valence-electron chi connectivity index (χ4n) is 1.30. The van der Waals surface area contributed by atoms with E-state index in [0.29, 0.717) is 10.8 Å². The molecule has 5 nitrogen and oxygen atoms in total. The Morgan fingerprint density at radius 2 is 2.12 bits per heavy atom. The predicted molar refractivity (Wildman–Crippen MR) is 62.5 cm³/mol. The van der Waals surface area contributed by atoms with Gasteiger partial charge in [0, 0.05) is 10.6 Å². The molecule has 1 aromatic heterocycles. The number of carbonyl (C=O) groups excluding carboxylic acids is 1. The molecule has 0 amide bonds. The smallest absolute Gasteiger partial charge is 0.327 e. The standard InChI is InChI=1S/C11H10ClN3O2/c1-17-10(16)6-15-7-13-11(14-15)8-2-4-9(12)5-3-8/h2-5,7H,6H2,1H3. The van der Waals surface area contributed by atoms with E-state index < -0.39 is 0 Å². The number of rotatable bonds is 3. The second kappa shape index (κ2) is 4.97. The van der Waals surface area contributed by atoms with Crippen molar-refractivity contribution in [1.29, 1.82) is 0 Å². The molecule has 0 unspecified atom stereocenters. The lowest BCUT2D eigenvalue weighted by Gasteiger charge is -1.98. The van der Waals surface area contributed by atoms with Crippen LogP contribution in [0.15, 0.2) is 30.6 Å². The summed E-state index contributed by atoms with van der Waals surface area (Å²) in [4.78, 5) is 15.1. The lowest BCUT2D eigenvalue weighted by molar-refractivity contribution is -0.141. The van der Waals surface area contributed by atoms with Crippen LogP contribution < -0.4 is 0 Å². The Labute approximate surface area is 103 Å². The molecular formula is C11H10ClN3O2. The Bertz CT molecular complexity index is 522. The number of hydrogen-bond acceptors (Lipinski definition) is 4. The minimum Gasteiger partial charge on any atom is -0.468 e. The molecule has 0 saturated carbocycles. The molecule has 0 fully saturated rings. The average Bonchev–Trinajstić information content (AvgIpc) is 2.78. The number of hydrogen-bond donors (Lipinski definition) is 0. The normalized spacial score (nSPS) is 10.2. The first kappa shape index (κ1) is 11.6. The Morgan fingerprint density at radius 3 is 2.76 bits per heavy atom.